The summed E-state index contributed by atoms with van der Waals surface area (Å²) in [7, 11) is 0. The molecule has 0 saturated heterocycles. The van der Waals surface area contributed by atoms with Crippen molar-refractivity contribution in [2.45, 2.75) is 30.7 Å². The maximum absolute atomic E-state index is 12.6. The van der Waals surface area contributed by atoms with Crippen LogP contribution in [0, 0.1) is 0 Å². The molecule has 0 heterocycles. The predicted octanol–water partition coefficient (Wildman–Crippen LogP) is 4.78. The van der Waals surface area contributed by atoms with Crippen LogP contribution in [0.3, 0.4) is 0 Å². The average molecular weight is 456 g/mol. The van der Waals surface area contributed by atoms with E-state index in [1.54, 1.807) is 18.2 Å². The Bertz CT molecular complexity index is 1240. The van der Waals surface area contributed by atoms with Gasteiger partial charge < -0.3 is 20.5 Å². The van der Waals surface area contributed by atoms with Crippen molar-refractivity contribution in [1.29, 1.82) is 0 Å². The highest BCUT2D eigenvalue weighted by atomic mass is 16.5. The van der Waals surface area contributed by atoms with Crippen LogP contribution in [0.2, 0.25) is 0 Å². The molecule has 7 nitrogen and oxygen atoms in total. The number of fused-ring (bicyclic) bond motifs is 3. The lowest BCUT2D eigenvalue weighted by atomic mass is 9.98. The molecule has 3 N–H and O–H groups in total. The summed E-state index contributed by atoms with van der Waals surface area (Å²) >= 11 is 0. The summed E-state index contributed by atoms with van der Waals surface area (Å²) in [5, 5.41) is 14.8. The first-order valence-corrected chi connectivity index (χ1v) is 11.2. The van der Waals surface area contributed by atoms with E-state index in [0.717, 1.165) is 22.3 Å². The highest BCUT2D eigenvalue weighted by Crippen LogP contribution is 2.44. The minimum absolute atomic E-state index is 0.0187. The van der Waals surface area contributed by atoms with Gasteiger partial charge in [-0.25, -0.2) is 9.59 Å². The fourth-order valence-corrected chi connectivity index (χ4v) is 4.63. The fourth-order valence-electron chi connectivity index (χ4n) is 4.63. The average Bonchev–Trinajstić information content (AvgIpc) is 3.49. The Kier molecular flexibility index (Phi) is 5.53. The Balaban J connectivity index is 1.20. The number of carboxylic acid groups (broad SMARTS) is 1. The van der Waals surface area contributed by atoms with Gasteiger partial charge in [-0.1, -0.05) is 60.7 Å². The lowest BCUT2D eigenvalue weighted by molar-refractivity contribution is -0.116. The second kappa shape index (κ2) is 8.67. The van der Waals surface area contributed by atoms with E-state index in [2.05, 4.69) is 34.9 Å². The summed E-state index contributed by atoms with van der Waals surface area (Å²) in [4.78, 5) is 36.5. The zero-order valence-electron chi connectivity index (χ0n) is 18.4. The molecule has 0 atom stereocenters. The summed E-state index contributed by atoms with van der Waals surface area (Å²) in [6, 6.07) is 22.5. The number of alkyl carbamates (subject to hydrolysis) is 1. The summed E-state index contributed by atoms with van der Waals surface area (Å²) in [5.74, 6) is -1.51. The van der Waals surface area contributed by atoms with Crippen LogP contribution in [0.5, 0.6) is 0 Å². The molecule has 2 aliphatic rings. The maximum atomic E-state index is 12.6. The first kappa shape index (κ1) is 21.7. The number of rotatable bonds is 7. The van der Waals surface area contributed by atoms with Crippen molar-refractivity contribution < 1.29 is 24.2 Å². The number of ether oxygens (including phenoxy) is 1. The van der Waals surface area contributed by atoms with Crippen LogP contribution in [-0.4, -0.2) is 35.2 Å². The van der Waals surface area contributed by atoms with Crippen LogP contribution in [-0.2, 0) is 9.53 Å². The molecule has 0 spiro atoms. The molecule has 7 heteroatoms. The largest absolute Gasteiger partial charge is 0.478 e. The molecule has 3 aromatic carbocycles. The number of anilines is 1. The first-order chi connectivity index (χ1) is 16.5. The smallest absolute Gasteiger partial charge is 0.407 e. The van der Waals surface area contributed by atoms with E-state index in [-0.39, 0.29) is 36.1 Å². The number of nitrogens with one attached hydrogen (secondary N) is 2. The molecule has 5 rings (SSSR count). The summed E-state index contributed by atoms with van der Waals surface area (Å²) < 4.78 is 5.61. The zero-order chi connectivity index (χ0) is 23.7. The number of carboxylic acids is 1. The molecule has 0 unspecified atom stereocenters. The molecular weight excluding hydrogens is 432 g/mol. The van der Waals surface area contributed by atoms with Crippen molar-refractivity contribution in [2.75, 3.05) is 11.9 Å². The number of hydrogen-bond acceptors (Lipinski definition) is 4. The van der Waals surface area contributed by atoms with Gasteiger partial charge in [-0.15, -0.1) is 0 Å². The lowest BCUT2D eigenvalue weighted by Gasteiger charge is -2.19. The van der Waals surface area contributed by atoms with Gasteiger partial charge >= 0.3 is 12.1 Å². The number of aromatic carboxylic acids is 1. The van der Waals surface area contributed by atoms with Crippen LogP contribution in [0.15, 0.2) is 72.8 Å². The number of para-hydroxylation sites is 1. The van der Waals surface area contributed by atoms with Crippen molar-refractivity contribution >= 4 is 23.7 Å². The monoisotopic (exact) mass is 456 g/mol. The van der Waals surface area contributed by atoms with E-state index >= 15 is 0 Å². The second-order valence-electron chi connectivity index (χ2n) is 8.81. The van der Waals surface area contributed by atoms with Gasteiger partial charge in [-0.05, 0) is 47.2 Å². The molecule has 1 saturated carbocycles. The zero-order valence-corrected chi connectivity index (χ0v) is 18.4. The normalized spacial score (nSPS) is 15.1. The van der Waals surface area contributed by atoms with Crippen LogP contribution in [0.4, 0.5) is 10.5 Å². The number of carbonyl (C=O) groups excluding carboxylic acids is 2. The van der Waals surface area contributed by atoms with E-state index < -0.39 is 17.6 Å². The number of amides is 2. The molecule has 0 aliphatic heterocycles. The third-order valence-corrected chi connectivity index (χ3v) is 6.49. The van der Waals surface area contributed by atoms with E-state index in [1.165, 1.54) is 6.07 Å². The minimum atomic E-state index is -1.12. The topological polar surface area (TPSA) is 105 Å². The second-order valence-corrected chi connectivity index (χ2v) is 8.81. The third-order valence-electron chi connectivity index (χ3n) is 6.49. The van der Waals surface area contributed by atoms with Crippen molar-refractivity contribution in [1.82, 2.24) is 5.32 Å². The van der Waals surface area contributed by atoms with Crippen LogP contribution in [0.25, 0.3) is 11.1 Å². The van der Waals surface area contributed by atoms with Gasteiger partial charge in [-0.3, -0.25) is 4.79 Å². The van der Waals surface area contributed by atoms with Crippen LogP contribution < -0.4 is 10.6 Å². The Morgan fingerprint density at radius 2 is 1.47 bits per heavy atom. The molecular formula is C27H24N2O5. The molecule has 0 bridgehead atoms. The summed E-state index contributed by atoms with van der Waals surface area (Å²) in [5.41, 5.74) is 4.17. The lowest BCUT2D eigenvalue weighted by Crippen LogP contribution is -2.40. The van der Waals surface area contributed by atoms with Crippen molar-refractivity contribution in [3.63, 3.8) is 0 Å². The highest BCUT2D eigenvalue weighted by molar-refractivity contribution is 6.01. The van der Waals surface area contributed by atoms with Crippen LogP contribution >= 0.6 is 0 Å². The van der Waals surface area contributed by atoms with Gasteiger partial charge in [0.1, 0.15) is 6.61 Å². The quantitative estimate of drug-likeness (QED) is 0.474. The number of carbonyl (C=O) groups is 3. The summed E-state index contributed by atoms with van der Waals surface area (Å²) in [6.07, 6.45) is 0.805. The SMILES string of the molecule is O=C(CC1(NC(=O)OCC2c3ccccc3-c3ccccc32)CC1)Nc1ccccc1C(=O)O. The molecule has 0 aromatic heterocycles. The molecule has 3 aromatic rings. The molecule has 0 radical (unpaired) electrons. The van der Waals surface area contributed by atoms with Crippen molar-refractivity contribution in [3.8, 4) is 11.1 Å². The molecule has 2 aliphatic carbocycles. The number of benzene rings is 3. The maximum Gasteiger partial charge on any atom is 0.407 e. The predicted molar refractivity (Wildman–Crippen MR) is 127 cm³/mol. The first-order valence-electron chi connectivity index (χ1n) is 11.2. The van der Waals surface area contributed by atoms with E-state index in [1.807, 2.05) is 24.3 Å². The number of hydrogen-bond donors (Lipinski definition) is 3. The summed E-state index contributed by atoms with van der Waals surface area (Å²) in [6.45, 7) is 0.203. The van der Waals surface area contributed by atoms with Crippen molar-refractivity contribution in [2.24, 2.45) is 0 Å². The molecule has 34 heavy (non-hydrogen) atoms. The molecule has 1 fully saturated rings. The third kappa shape index (κ3) is 4.24. The Labute approximate surface area is 196 Å². The van der Waals surface area contributed by atoms with E-state index in [9.17, 15) is 19.5 Å². The Morgan fingerprint density at radius 3 is 2.09 bits per heavy atom. The Morgan fingerprint density at radius 1 is 0.882 bits per heavy atom. The van der Waals surface area contributed by atoms with Gasteiger partial charge in [0.25, 0.3) is 0 Å². The molecule has 2 amide bonds. The van der Waals surface area contributed by atoms with Crippen LogP contribution in [0.1, 0.15) is 46.7 Å². The standard InChI is InChI=1S/C27H24N2O5/c30-24(28-23-12-6-5-11-21(23)25(31)32)15-27(13-14-27)29-26(33)34-16-22-19-9-3-1-7-17(19)18-8-2-4-10-20(18)22/h1-12,22H,13-16H2,(H,28,30)(H,29,33)(H,31,32). The minimum Gasteiger partial charge on any atom is -0.478 e. The molecule has 172 valence electrons. The van der Waals surface area contributed by atoms with E-state index in [0.29, 0.717) is 12.8 Å². The van der Waals surface area contributed by atoms with Crippen molar-refractivity contribution in [3.05, 3.63) is 89.5 Å². The van der Waals surface area contributed by atoms with Gasteiger partial charge in [-0.2, -0.15) is 0 Å². The van der Waals surface area contributed by atoms with Gasteiger partial charge in [0.2, 0.25) is 5.91 Å². The van der Waals surface area contributed by atoms with Gasteiger partial charge in [0.05, 0.1) is 23.2 Å². The van der Waals surface area contributed by atoms with Gasteiger partial charge in [0.15, 0.2) is 0 Å². The highest BCUT2D eigenvalue weighted by Gasteiger charge is 2.46. The van der Waals surface area contributed by atoms with E-state index in [4.69, 9.17) is 4.74 Å². The fraction of sp³-hybridized carbons (Fsp3) is 0.222. The van der Waals surface area contributed by atoms with Gasteiger partial charge in [0, 0.05) is 5.92 Å². The Hall–Kier alpha value is -4.13.